The number of carboxylic acid groups (broad SMARTS) is 1. The van der Waals surface area contributed by atoms with E-state index >= 15 is 0 Å². The van der Waals surface area contributed by atoms with Crippen LogP contribution in [-0.4, -0.2) is 50.2 Å². The highest BCUT2D eigenvalue weighted by Crippen LogP contribution is 2.22. The van der Waals surface area contributed by atoms with Gasteiger partial charge in [0.2, 0.25) is 0 Å². The molecular weight excluding hydrogens is 277 g/mol. The van der Waals surface area contributed by atoms with Gasteiger partial charge in [-0.1, -0.05) is 0 Å². The molecule has 0 aromatic rings. The highest BCUT2D eigenvalue weighted by Gasteiger charge is 2.38. The van der Waals surface area contributed by atoms with Crippen molar-refractivity contribution < 1.29 is 32.4 Å². The minimum Gasteiger partial charge on any atom is -0.480 e. The van der Waals surface area contributed by atoms with Crippen molar-refractivity contribution in [3.05, 3.63) is 0 Å². The van der Waals surface area contributed by atoms with E-state index in [1.807, 2.05) is 0 Å². The van der Waals surface area contributed by atoms with Gasteiger partial charge in [-0.25, -0.2) is 4.21 Å². The Kier molecular flexibility index (Phi) is 6.04. The third-order valence-corrected chi connectivity index (χ3v) is 3.96. The Morgan fingerprint density at radius 3 is 2.17 bits per heavy atom. The molecule has 3 atom stereocenters. The van der Waals surface area contributed by atoms with Crippen LogP contribution in [0.4, 0.5) is 13.2 Å². The van der Waals surface area contributed by atoms with E-state index in [4.69, 9.17) is 20.7 Å². The van der Waals surface area contributed by atoms with Gasteiger partial charge in [0.15, 0.2) is 6.10 Å². The van der Waals surface area contributed by atoms with Gasteiger partial charge in [-0.2, -0.15) is 13.2 Å². The molecule has 0 spiro atoms. The number of rotatable bonds is 7. The van der Waals surface area contributed by atoms with Gasteiger partial charge in [0, 0.05) is 21.2 Å². The molecule has 18 heavy (non-hydrogen) atoms. The van der Waals surface area contributed by atoms with Gasteiger partial charge in [-0.3, -0.25) is 9.57 Å². The number of aliphatic hydroxyl groups excluding tert-OH is 1. The van der Waals surface area contributed by atoms with Gasteiger partial charge in [-0.15, -0.1) is 0 Å². The zero-order valence-electron chi connectivity index (χ0n) is 9.31. The van der Waals surface area contributed by atoms with Crippen molar-refractivity contribution in [2.24, 2.45) is 5.73 Å². The Bertz CT molecular complexity index is 382. The maximum absolute atomic E-state index is 11.9. The number of carboxylic acids is 1. The molecule has 0 aliphatic heterocycles. The molecule has 0 saturated heterocycles. The van der Waals surface area contributed by atoms with E-state index in [-0.39, 0.29) is 6.42 Å². The average Bonchev–Trinajstić information content (AvgIpc) is 2.21. The summed E-state index contributed by atoms with van der Waals surface area (Å²) >= 11 is 0. The first-order valence-electron chi connectivity index (χ1n) is 4.93. The van der Waals surface area contributed by atoms with Crippen molar-refractivity contribution in [1.29, 1.82) is 4.78 Å². The van der Waals surface area contributed by atoms with E-state index in [0.717, 1.165) is 0 Å². The summed E-state index contributed by atoms with van der Waals surface area (Å²) in [4.78, 5) is 10.3. The molecule has 0 aromatic carbocycles. The fourth-order valence-corrected chi connectivity index (χ4v) is 2.45. The molecular formula is C8H15F3N2O4S. The van der Waals surface area contributed by atoms with Crippen molar-refractivity contribution in [1.82, 2.24) is 0 Å². The van der Waals surface area contributed by atoms with E-state index in [2.05, 4.69) is 0 Å². The fraction of sp³-hybridized carbons (Fsp3) is 0.875. The SMILES string of the molecule is N=S(=O)(CC[C@H](N)C(=O)O)CC[C@H](O)C(F)(F)F. The molecule has 0 radical (unpaired) electrons. The number of nitrogens with two attached hydrogens (primary N) is 1. The molecule has 6 nitrogen and oxygen atoms in total. The smallest absolute Gasteiger partial charge is 0.414 e. The number of hydrogen-bond donors (Lipinski definition) is 4. The molecule has 10 heteroatoms. The number of nitrogens with one attached hydrogen (secondary N) is 1. The third-order valence-electron chi connectivity index (χ3n) is 2.17. The predicted octanol–water partition coefficient (Wildman–Crippen LogP) is 0.148. The molecule has 5 N–H and O–H groups in total. The average molecular weight is 292 g/mol. The van der Waals surface area contributed by atoms with Crippen molar-refractivity contribution in [3.8, 4) is 0 Å². The second kappa shape index (κ2) is 6.34. The molecule has 1 unspecified atom stereocenters. The van der Waals surface area contributed by atoms with E-state index in [1.54, 1.807) is 0 Å². The lowest BCUT2D eigenvalue weighted by Crippen LogP contribution is -2.33. The molecule has 0 heterocycles. The van der Waals surface area contributed by atoms with Crippen LogP contribution in [0.5, 0.6) is 0 Å². The molecule has 0 fully saturated rings. The first-order chi connectivity index (χ1) is 7.96. The normalized spacial score (nSPS) is 18.9. The summed E-state index contributed by atoms with van der Waals surface area (Å²) in [6.07, 6.45) is -8.56. The quantitative estimate of drug-likeness (QED) is 0.531. The number of hydrogen-bond acceptors (Lipinski definition) is 5. The molecule has 0 aliphatic carbocycles. The largest absolute Gasteiger partial charge is 0.480 e. The second-order valence-electron chi connectivity index (χ2n) is 3.80. The maximum atomic E-state index is 11.9. The minimum atomic E-state index is -4.81. The van der Waals surface area contributed by atoms with E-state index < -0.39 is 51.9 Å². The Morgan fingerprint density at radius 1 is 1.33 bits per heavy atom. The molecule has 0 saturated carbocycles. The number of carbonyl (C=O) groups is 1. The minimum absolute atomic E-state index is 0.264. The van der Waals surface area contributed by atoms with Crippen molar-refractivity contribution in [2.75, 3.05) is 11.5 Å². The Labute approximate surface area is 102 Å². The Morgan fingerprint density at radius 2 is 1.78 bits per heavy atom. The van der Waals surface area contributed by atoms with E-state index in [0.29, 0.717) is 0 Å². The molecule has 0 amide bonds. The van der Waals surface area contributed by atoms with E-state index in [1.165, 1.54) is 0 Å². The van der Waals surface area contributed by atoms with Crippen molar-refractivity contribution in [2.45, 2.75) is 31.2 Å². The second-order valence-corrected chi connectivity index (χ2v) is 6.24. The van der Waals surface area contributed by atoms with Gasteiger partial charge >= 0.3 is 12.1 Å². The number of aliphatic carboxylic acids is 1. The van der Waals surface area contributed by atoms with Crippen molar-refractivity contribution >= 4 is 15.7 Å². The summed E-state index contributed by atoms with van der Waals surface area (Å²) in [5.74, 6) is -2.40. The van der Waals surface area contributed by atoms with Gasteiger partial charge in [0.05, 0.1) is 0 Å². The molecule has 0 aromatic heterocycles. The fourth-order valence-electron chi connectivity index (χ4n) is 1.01. The zero-order valence-corrected chi connectivity index (χ0v) is 10.1. The summed E-state index contributed by atoms with van der Waals surface area (Å²) in [7, 11) is -3.37. The molecule has 108 valence electrons. The first-order valence-corrected chi connectivity index (χ1v) is 6.82. The predicted molar refractivity (Wildman–Crippen MR) is 57.5 cm³/mol. The first kappa shape index (κ1) is 17.1. The third kappa shape index (κ3) is 6.77. The number of halogens is 3. The highest BCUT2D eigenvalue weighted by molar-refractivity contribution is 7.92. The highest BCUT2D eigenvalue weighted by atomic mass is 32.2. The molecule has 0 bridgehead atoms. The van der Waals surface area contributed by atoms with Crippen LogP contribution in [0.2, 0.25) is 0 Å². The summed E-state index contributed by atoms with van der Waals surface area (Å²) in [5.41, 5.74) is 5.11. The lowest BCUT2D eigenvalue weighted by molar-refractivity contribution is -0.203. The lowest BCUT2D eigenvalue weighted by Gasteiger charge is -2.15. The van der Waals surface area contributed by atoms with Crippen LogP contribution >= 0.6 is 0 Å². The summed E-state index contributed by atoms with van der Waals surface area (Å²) in [6.45, 7) is 0. The van der Waals surface area contributed by atoms with Crippen LogP contribution < -0.4 is 5.73 Å². The van der Waals surface area contributed by atoms with Crippen LogP contribution in [0, 0.1) is 4.78 Å². The number of alkyl halides is 3. The number of aliphatic hydroxyl groups is 1. The topological polar surface area (TPSA) is 124 Å². The van der Waals surface area contributed by atoms with Crippen molar-refractivity contribution in [3.63, 3.8) is 0 Å². The Balaban J connectivity index is 4.22. The summed E-state index contributed by atoms with van der Waals surface area (Å²) in [6, 6.07) is -1.30. The standard InChI is InChI=1S/C8H15F3N2O4S/c9-8(10,11)6(14)2-4-18(13,17)3-1-5(12)7(15)16/h5-6,13-14H,1-4,12H2,(H,15,16)/t5-,6-,18?/m0/s1. The van der Waals surface area contributed by atoms with Gasteiger partial charge in [-0.05, 0) is 12.8 Å². The van der Waals surface area contributed by atoms with Crippen LogP contribution in [0.15, 0.2) is 0 Å². The monoisotopic (exact) mass is 292 g/mol. The van der Waals surface area contributed by atoms with Gasteiger partial charge in [0.1, 0.15) is 6.04 Å². The Hall–Kier alpha value is -0.870. The summed E-state index contributed by atoms with van der Waals surface area (Å²) < 4.78 is 54.6. The molecule has 0 rings (SSSR count). The zero-order chi connectivity index (χ0) is 14.6. The van der Waals surface area contributed by atoms with E-state index in [9.17, 15) is 22.2 Å². The van der Waals surface area contributed by atoms with Crippen LogP contribution in [0.1, 0.15) is 12.8 Å². The summed E-state index contributed by atoms with van der Waals surface area (Å²) in [5, 5.41) is 17.1. The lowest BCUT2D eigenvalue weighted by atomic mass is 10.2. The van der Waals surface area contributed by atoms with Gasteiger partial charge < -0.3 is 15.9 Å². The van der Waals surface area contributed by atoms with Crippen LogP contribution in [0.3, 0.4) is 0 Å². The van der Waals surface area contributed by atoms with Crippen LogP contribution in [-0.2, 0) is 14.5 Å². The van der Waals surface area contributed by atoms with Gasteiger partial charge in [0.25, 0.3) is 0 Å². The van der Waals surface area contributed by atoms with Crippen LogP contribution in [0.25, 0.3) is 0 Å². The maximum Gasteiger partial charge on any atom is 0.414 e. The molecule has 0 aliphatic rings.